The molecule has 2 aliphatic rings. The topological polar surface area (TPSA) is 18.5 Å². The van der Waals surface area contributed by atoms with Crippen LogP contribution in [0, 0.1) is 5.92 Å². The molecule has 0 amide bonds. The van der Waals surface area contributed by atoms with Crippen molar-refractivity contribution in [3.63, 3.8) is 0 Å². The van der Waals surface area contributed by atoms with Crippen LogP contribution in [-0.2, 0) is 0 Å². The molecule has 0 aromatic rings. The molecule has 0 aliphatic carbocycles. The van der Waals surface area contributed by atoms with E-state index in [-0.39, 0.29) is 0 Å². The van der Waals surface area contributed by atoms with Gasteiger partial charge in [0.25, 0.3) is 0 Å². The molecule has 3 heteroatoms. The maximum absolute atomic E-state index is 3.65. The van der Waals surface area contributed by atoms with Crippen molar-refractivity contribution >= 4 is 0 Å². The number of hydrogen-bond acceptors (Lipinski definition) is 3. The van der Waals surface area contributed by atoms with Crippen molar-refractivity contribution in [2.75, 3.05) is 32.7 Å². The van der Waals surface area contributed by atoms with Crippen LogP contribution in [0.5, 0.6) is 0 Å². The van der Waals surface area contributed by atoms with Gasteiger partial charge in [0.15, 0.2) is 0 Å². The molecule has 3 nitrogen and oxygen atoms in total. The van der Waals surface area contributed by atoms with Crippen molar-refractivity contribution in [2.24, 2.45) is 5.92 Å². The third-order valence-electron chi connectivity index (χ3n) is 4.81. The highest BCUT2D eigenvalue weighted by Gasteiger charge is 2.30. The molecule has 18 heavy (non-hydrogen) atoms. The van der Waals surface area contributed by atoms with Gasteiger partial charge in [-0.05, 0) is 46.1 Å². The molecule has 0 bridgehead atoms. The summed E-state index contributed by atoms with van der Waals surface area (Å²) in [5.74, 6) is 0.894. The Kier molecular flexibility index (Phi) is 5.05. The highest BCUT2D eigenvalue weighted by Crippen LogP contribution is 2.21. The Morgan fingerprint density at radius 3 is 2.67 bits per heavy atom. The van der Waals surface area contributed by atoms with E-state index in [4.69, 9.17) is 0 Å². The Morgan fingerprint density at radius 1 is 1.28 bits per heavy atom. The summed E-state index contributed by atoms with van der Waals surface area (Å²) in [6.07, 6.45) is 2.65. The predicted octanol–water partition coefficient (Wildman–Crippen LogP) is 1.79. The van der Waals surface area contributed by atoms with Gasteiger partial charge in [-0.3, -0.25) is 4.90 Å². The molecule has 0 aromatic heterocycles. The number of rotatable bonds is 4. The van der Waals surface area contributed by atoms with Crippen LogP contribution in [0.25, 0.3) is 0 Å². The van der Waals surface area contributed by atoms with Gasteiger partial charge in [0.2, 0.25) is 0 Å². The standard InChI is InChI=1S/C15H31N3/c1-5-15-11-18(13(4)8-16-15)10-14-6-7-17(9-14)12(2)3/h12-16H,5-11H2,1-4H3. The molecule has 106 valence electrons. The van der Waals surface area contributed by atoms with Gasteiger partial charge in [0, 0.05) is 44.3 Å². The summed E-state index contributed by atoms with van der Waals surface area (Å²) in [5, 5.41) is 3.65. The molecule has 3 atom stereocenters. The van der Waals surface area contributed by atoms with E-state index in [9.17, 15) is 0 Å². The second-order valence-corrected chi connectivity index (χ2v) is 6.56. The van der Waals surface area contributed by atoms with Crippen molar-refractivity contribution in [3.05, 3.63) is 0 Å². The third kappa shape index (κ3) is 3.46. The first-order valence-electron chi connectivity index (χ1n) is 7.81. The minimum absolute atomic E-state index is 0.709. The lowest BCUT2D eigenvalue weighted by molar-refractivity contribution is 0.117. The largest absolute Gasteiger partial charge is 0.311 e. The number of hydrogen-bond donors (Lipinski definition) is 1. The lowest BCUT2D eigenvalue weighted by Gasteiger charge is -2.40. The van der Waals surface area contributed by atoms with Crippen molar-refractivity contribution < 1.29 is 0 Å². The van der Waals surface area contributed by atoms with Crippen molar-refractivity contribution in [1.82, 2.24) is 15.1 Å². The van der Waals surface area contributed by atoms with Crippen LogP contribution in [0.4, 0.5) is 0 Å². The van der Waals surface area contributed by atoms with E-state index in [0.717, 1.165) is 12.0 Å². The van der Waals surface area contributed by atoms with E-state index in [1.54, 1.807) is 0 Å². The van der Waals surface area contributed by atoms with Gasteiger partial charge < -0.3 is 10.2 Å². The molecule has 2 rings (SSSR count). The smallest absolute Gasteiger partial charge is 0.0193 e. The summed E-state index contributed by atoms with van der Waals surface area (Å²) >= 11 is 0. The molecule has 3 unspecified atom stereocenters. The summed E-state index contributed by atoms with van der Waals surface area (Å²) in [4.78, 5) is 5.36. The van der Waals surface area contributed by atoms with Gasteiger partial charge >= 0.3 is 0 Å². The molecule has 2 saturated heterocycles. The van der Waals surface area contributed by atoms with Gasteiger partial charge in [-0.25, -0.2) is 0 Å². The third-order valence-corrected chi connectivity index (χ3v) is 4.81. The Balaban J connectivity index is 1.81. The second kappa shape index (κ2) is 6.36. The Labute approximate surface area is 113 Å². The molecule has 0 radical (unpaired) electrons. The Hall–Kier alpha value is -0.120. The summed E-state index contributed by atoms with van der Waals surface area (Å²) in [7, 11) is 0. The Morgan fingerprint density at radius 2 is 2.06 bits per heavy atom. The lowest BCUT2D eigenvalue weighted by Crippen LogP contribution is -2.56. The molecule has 0 saturated carbocycles. The molecule has 0 spiro atoms. The van der Waals surface area contributed by atoms with Crippen molar-refractivity contribution in [2.45, 2.75) is 58.7 Å². The van der Waals surface area contributed by atoms with Crippen LogP contribution in [0.3, 0.4) is 0 Å². The van der Waals surface area contributed by atoms with Crippen LogP contribution in [-0.4, -0.2) is 60.6 Å². The second-order valence-electron chi connectivity index (χ2n) is 6.56. The van der Waals surface area contributed by atoms with E-state index in [1.807, 2.05) is 0 Å². The van der Waals surface area contributed by atoms with Gasteiger partial charge in [-0.15, -0.1) is 0 Å². The summed E-state index contributed by atoms with van der Waals surface area (Å²) in [6.45, 7) is 15.6. The molecule has 2 fully saturated rings. The summed E-state index contributed by atoms with van der Waals surface area (Å²) in [6, 6.07) is 2.14. The minimum Gasteiger partial charge on any atom is -0.311 e. The normalized spacial score (nSPS) is 35.5. The molecular formula is C15H31N3. The fraction of sp³-hybridized carbons (Fsp3) is 1.00. The average Bonchev–Trinajstić information content (AvgIpc) is 2.81. The number of nitrogens with one attached hydrogen (secondary N) is 1. The maximum Gasteiger partial charge on any atom is 0.0193 e. The monoisotopic (exact) mass is 253 g/mol. The summed E-state index contributed by atoms with van der Waals surface area (Å²) < 4.78 is 0. The van der Waals surface area contributed by atoms with E-state index < -0.39 is 0 Å². The zero-order valence-electron chi connectivity index (χ0n) is 12.7. The maximum atomic E-state index is 3.65. The highest BCUT2D eigenvalue weighted by atomic mass is 15.2. The average molecular weight is 253 g/mol. The molecule has 0 aromatic carbocycles. The van der Waals surface area contributed by atoms with Crippen molar-refractivity contribution in [3.8, 4) is 0 Å². The van der Waals surface area contributed by atoms with Gasteiger partial charge in [-0.2, -0.15) is 0 Å². The van der Waals surface area contributed by atoms with Crippen LogP contribution in [0.15, 0.2) is 0 Å². The minimum atomic E-state index is 0.709. The fourth-order valence-corrected chi connectivity index (χ4v) is 3.33. The van der Waals surface area contributed by atoms with Crippen LogP contribution in [0.2, 0.25) is 0 Å². The van der Waals surface area contributed by atoms with E-state index in [1.165, 1.54) is 45.6 Å². The fourth-order valence-electron chi connectivity index (χ4n) is 3.33. The number of piperazine rings is 1. The first-order chi connectivity index (χ1) is 8.60. The van der Waals surface area contributed by atoms with Gasteiger partial charge in [-0.1, -0.05) is 6.92 Å². The molecule has 1 N–H and O–H groups in total. The molecular weight excluding hydrogens is 222 g/mol. The van der Waals surface area contributed by atoms with Gasteiger partial charge in [0.05, 0.1) is 0 Å². The molecule has 2 aliphatic heterocycles. The lowest BCUT2D eigenvalue weighted by atomic mass is 10.0. The molecule has 2 heterocycles. The number of nitrogens with zero attached hydrogens (tertiary/aromatic N) is 2. The summed E-state index contributed by atoms with van der Waals surface area (Å²) in [5.41, 5.74) is 0. The van der Waals surface area contributed by atoms with Gasteiger partial charge in [0.1, 0.15) is 0 Å². The SMILES string of the molecule is CCC1CN(CC2CCN(C(C)C)C2)C(C)CN1. The zero-order valence-corrected chi connectivity index (χ0v) is 12.7. The predicted molar refractivity (Wildman–Crippen MR) is 77.9 cm³/mol. The Bertz CT molecular complexity index is 254. The van der Waals surface area contributed by atoms with E-state index in [2.05, 4.69) is 42.8 Å². The van der Waals surface area contributed by atoms with E-state index in [0.29, 0.717) is 12.1 Å². The van der Waals surface area contributed by atoms with E-state index >= 15 is 0 Å². The quantitative estimate of drug-likeness (QED) is 0.824. The first kappa shape index (κ1) is 14.3. The highest BCUT2D eigenvalue weighted by molar-refractivity contribution is 4.87. The van der Waals surface area contributed by atoms with Crippen LogP contribution < -0.4 is 5.32 Å². The number of likely N-dealkylation sites (tertiary alicyclic amines) is 1. The zero-order chi connectivity index (χ0) is 13.1. The van der Waals surface area contributed by atoms with Crippen LogP contribution >= 0.6 is 0 Å². The van der Waals surface area contributed by atoms with Crippen molar-refractivity contribution in [1.29, 1.82) is 0 Å². The first-order valence-corrected chi connectivity index (χ1v) is 7.81. The van der Waals surface area contributed by atoms with Crippen LogP contribution in [0.1, 0.15) is 40.5 Å².